The van der Waals surface area contributed by atoms with Crippen molar-refractivity contribution < 1.29 is 0 Å². The lowest BCUT2D eigenvalue weighted by Gasteiger charge is -2.34. The van der Waals surface area contributed by atoms with Gasteiger partial charge in [-0.1, -0.05) is 267 Å². The van der Waals surface area contributed by atoms with Gasteiger partial charge in [0.15, 0.2) is 22.0 Å². The molecule has 446 valence electrons. The SMILES string of the molecule is c1ccc([Si](c2ccccc2)(c2ccccc2)c2ccc3nc4n(-c5nc(-c6cccc(-n7c8ccccc8c8ccccc87)c6)nc(-n6c7ccccc7n7c8ccccc8nc67)n5)c5ccc([Si](c6ccccc6)(c6ccccc6)c6ccccc6)cc5n4c3c2)cc1. The molecule has 6 aromatic heterocycles. The molecular weight excluding hydrogens is 1190 g/mol. The number of fused-ring (bicyclic) bond motifs is 13. The van der Waals surface area contributed by atoms with Gasteiger partial charge in [0.1, 0.15) is 0 Å². The van der Waals surface area contributed by atoms with Crippen LogP contribution in [-0.2, 0) is 0 Å². The van der Waals surface area contributed by atoms with Crippen molar-refractivity contribution in [3.05, 3.63) is 340 Å². The molecule has 10 nitrogen and oxygen atoms in total. The fraction of sp³-hybridized carbons (Fsp3) is 0. The zero-order chi connectivity index (χ0) is 62.6. The molecule has 0 radical (unpaired) electrons. The van der Waals surface area contributed by atoms with Crippen LogP contribution >= 0.6 is 0 Å². The Morgan fingerprint density at radius 2 is 0.600 bits per heavy atom. The van der Waals surface area contributed by atoms with Crippen LogP contribution in [0.5, 0.6) is 0 Å². The fourth-order valence-electron chi connectivity index (χ4n) is 15.5. The number of benzene rings is 13. The van der Waals surface area contributed by atoms with Crippen LogP contribution < -0.4 is 41.5 Å². The summed E-state index contributed by atoms with van der Waals surface area (Å²) in [5.41, 5.74) is 11.4. The zero-order valence-corrected chi connectivity index (χ0v) is 53.3. The van der Waals surface area contributed by atoms with E-state index in [1.165, 1.54) is 52.3 Å². The average molecular weight is 1250 g/mol. The third-order valence-electron chi connectivity index (χ3n) is 19.5. The van der Waals surface area contributed by atoms with Crippen molar-refractivity contribution in [2.45, 2.75) is 0 Å². The molecule has 19 aromatic rings. The molecule has 0 saturated carbocycles. The Balaban J connectivity index is 0.941. The van der Waals surface area contributed by atoms with E-state index in [1.54, 1.807) is 0 Å². The van der Waals surface area contributed by atoms with Crippen LogP contribution in [0.4, 0.5) is 0 Å². The molecule has 0 bridgehead atoms. The van der Waals surface area contributed by atoms with Crippen LogP contribution in [0.3, 0.4) is 0 Å². The molecule has 0 atom stereocenters. The summed E-state index contributed by atoms with van der Waals surface area (Å²) in [6.07, 6.45) is 0. The first-order valence-electron chi connectivity index (χ1n) is 32.2. The normalized spacial score (nSPS) is 12.2. The second kappa shape index (κ2) is 21.6. The number of imidazole rings is 4. The standard InChI is InChI=1S/C83H56N10Si2/c1-7-30-59(31-8-1)94(60-32-9-2-10-33-60,61-34-11-3-12-35-61)65-50-52-70-77(55-65)91-78-56-66(95(62-36-13-4-14-37-62,63-38-15-5-16-39-63)64-40-17-6-18-41-64)51-53-76(78)93(83(91)85-70)81-87-79(57-28-27-29-58(54-57)89-71-45-22-19-42-67(71)68-43-20-23-46-72(68)89)86-80(88-81)92-75-49-26-25-48-74(75)90-73-47-24-21-44-69(73)84-82(90)92/h1-56H. The third kappa shape index (κ3) is 8.18. The maximum absolute atomic E-state index is 5.79. The summed E-state index contributed by atoms with van der Waals surface area (Å²) in [5, 5.41) is 12.5. The first-order chi connectivity index (χ1) is 47.1. The molecule has 12 heteroatoms. The van der Waals surface area contributed by atoms with E-state index in [9.17, 15) is 0 Å². The highest BCUT2D eigenvalue weighted by atomic mass is 28.3. The van der Waals surface area contributed by atoms with E-state index in [0.29, 0.717) is 29.3 Å². The van der Waals surface area contributed by atoms with Crippen molar-refractivity contribution >= 4 is 135 Å². The minimum Gasteiger partial charge on any atom is -0.309 e. The Morgan fingerprint density at radius 3 is 1.09 bits per heavy atom. The molecule has 0 N–H and O–H groups in total. The Morgan fingerprint density at radius 1 is 0.221 bits per heavy atom. The lowest BCUT2D eigenvalue weighted by molar-refractivity contribution is 0.877. The van der Waals surface area contributed by atoms with E-state index in [2.05, 4.69) is 356 Å². The second-order valence-corrected chi connectivity index (χ2v) is 32.0. The van der Waals surface area contributed by atoms with E-state index in [-0.39, 0.29) is 0 Å². The van der Waals surface area contributed by atoms with Crippen molar-refractivity contribution in [1.82, 2.24) is 47.4 Å². The summed E-state index contributed by atoms with van der Waals surface area (Å²) in [6, 6.07) is 124. The molecule has 0 spiro atoms. The monoisotopic (exact) mass is 1250 g/mol. The van der Waals surface area contributed by atoms with Gasteiger partial charge in [0.25, 0.3) is 0 Å². The number of hydrogen-bond acceptors (Lipinski definition) is 5. The van der Waals surface area contributed by atoms with Crippen LogP contribution in [0.1, 0.15) is 0 Å². The Hall–Kier alpha value is -12.4. The van der Waals surface area contributed by atoms with Crippen LogP contribution in [0.2, 0.25) is 0 Å². The molecule has 6 heterocycles. The van der Waals surface area contributed by atoms with Crippen molar-refractivity contribution in [1.29, 1.82) is 0 Å². The van der Waals surface area contributed by atoms with Gasteiger partial charge in [-0.25, -0.2) is 19.1 Å². The molecule has 13 aromatic carbocycles. The molecular formula is C83H56N10Si2. The van der Waals surface area contributed by atoms with E-state index in [0.717, 1.165) is 66.4 Å². The van der Waals surface area contributed by atoms with Gasteiger partial charge in [-0.2, -0.15) is 15.0 Å². The molecule has 0 fully saturated rings. The van der Waals surface area contributed by atoms with E-state index < -0.39 is 16.1 Å². The summed E-state index contributed by atoms with van der Waals surface area (Å²) < 4.78 is 11.2. The molecule has 0 amide bonds. The van der Waals surface area contributed by atoms with Gasteiger partial charge in [-0.3, -0.25) is 8.80 Å². The van der Waals surface area contributed by atoms with E-state index in [4.69, 9.17) is 24.9 Å². The maximum Gasteiger partial charge on any atom is 0.242 e. The Labute approximate surface area is 547 Å². The lowest BCUT2D eigenvalue weighted by atomic mass is 10.2. The third-order valence-corrected chi connectivity index (χ3v) is 29.0. The van der Waals surface area contributed by atoms with Gasteiger partial charge in [0.05, 0.1) is 55.2 Å². The van der Waals surface area contributed by atoms with Crippen molar-refractivity contribution in [3.8, 4) is 29.0 Å². The quantitative estimate of drug-likeness (QED) is 0.0898. The van der Waals surface area contributed by atoms with Crippen molar-refractivity contribution in [2.75, 3.05) is 0 Å². The smallest absolute Gasteiger partial charge is 0.242 e. The van der Waals surface area contributed by atoms with Gasteiger partial charge in [-0.15, -0.1) is 0 Å². The van der Waals surface area contributed by atoms with Gasteiger partial charge in [-0.05, 0) is 114 Å². The maximum atomic E-state index is 5.79. The van der Waals surface area contributed by atoms with Crippen LogP contribution in [0.15, 0.2) is 340 Å². The molecule has 95 heavy (non-hydrogen) atoms. The predicted molar refractivity (Wildman–Crippen MR) is 393 cm³/mol. The van der Waals surface area contributed by atoms with Crippen LogP contribution in [0, 0.1) is 0 Å². The van der Waals surface area contributed by atoms with E-state index >= 15 is 0 Å². The van der Waals surface area contributed by atoms with Crippen LogP contribution in [-0.4, -0.2) is 63.6 Å². The first kappa shape index (κ1) is 54.4. The topological polar surface area (TPSA) is 88.1 Å². The van der Waals surface area contributed by atoms with Gasteiger partial charge in [0, 0.05) is 22.0 Å². The molecule has 19 rings (SSSR count). The second-order valence-electron chi connectivity index (χ2n) is 24.4. The van der Waals surface area contributed by atoms with Crippen molar-refractivity contribution in [2.24, 2.45) is 0 Å². The fourth-order valence-corrected chi connectivity index (χ4v) is 25.0. The van der Waals surface area contributed by atoms with Crippen molar-refractivity contribution in [3.63, 3.8) is 0 Å². The molecule has 0 aliphatic carbocycles. The minimum atomic E-state index is -3.11. The number of nitrogens with zero attached hydrogens (tertiary/aromatic N) is 10. The highest BCUT2D eigenvalue weighted by Gasteiger charge is 2.44. The number of para-hydroxylation sites is 6. The highest BCUT2D eigenvalue weighted by Crippen LogP contribution is 2.36. The number of aromatic nitrogens is 10. The summed E-state index contributed by atoms with van der Waals surface area (Å²) in [6.45, 7) is 0. The molecule has 0 aliphatic heterocycles. The van der Waals surface area contributed by atoms with E-state index in [1.807, 2.05) is 6.07 Å². The molecule has 0 unspecified atom stereocenters. The largest absolute Gasteiger partial charge is 0.309 e. The van der Waals surface area contributed by atoms with Gasteiger partial charge >= 0.3 is 0 Å². The summed E-state index contributed by atoms with van der Waals surface area (Å²) >= 11 is 0. The number of rotatable bonds is 12. The van der Waals surface area contributed by atoms with Gasteiger partial charge in [0.2, 0.25) is 23.5 Å². The zero-order valence-electron chi connectivity index (χ0n) is 51.3. The predicted octanol–water partition coefficient (Wildman–Crippen LogP) is 12.9. The lowest BCUT2D eigenvalue weighted by Crippen LogP contribution is -2.74. The number of hydrogen-bond donors (Lipinski definition) is 0. The summed E-state index contributed by atoms with van der Waals surface area (Å²) in [7, 11) is -6.17. The highest BCUT2D eigenvalue weighted by molar-refractivity contribution is 7.20. The summed E-state index contributed by atoms with van der Waals surface area (Å²) in [4.78, 5) is 28.2. The minimum absolute atomic E-state index is 0.404. The van der Waals surface area contributed by atoms with Crippen LogP contribution in [0.25, 0.3) is 106 Å². The Kier molecular flexibility index (Phi) is 12.4. The average Bonchev–Trinajstić information content (AvgIpc) is 1.63. The first-order valence-corrected chi connectivity index (χ1v) is 36.2. The Bertz CT molecular complexity index is 5920. The molecule has 0 aliphatic rings. The summed E-state index contributed by atoms with van der Waals surface area (Å²) in [5.74, 6) is 2.66. The molecule has 0 saturated heterocycles. The van der Waals surface area contributed by atoms with Gasteiger partial charge < -0.3 is 4.57 Å².